The quantitative estimate of drug-likeness (QED) is 0.638. The van der Waals surface area contributed by atoms with E-state index in [1.165, 1.54) is 25.3 Å². The number of nitrogens with one attached hydrogen (secondary N) is 2. The number of carbonyl (C=O) groups excluding carboxylic acids is 2. The summed E-state index contributed by atoms with van der Waals surface area (Å²) in [5, 5.41) is 13.7. The predicted octanol–water partition coefficient (Wildman–Crippen LogP) is 2.40. The first-order valence-electron chi connectivity index (χ1n) is 7.22. The Morgan fingerprint density at radius 2 is 2.00 bits per heavy atom. The molecule has 2 amide bonds. The molecule has 7 nitrogen and oxygen atoms in total. The van der Waals surface area contributed by atoms with Gasteiger partial charge < -0.3 is 20.2 Å². The molecule has 2 aromatic rings. The molecule has 0 aliphatic carbocycles. The van der Waals surface area contributed by atoms with Gasteiger partial charge in [-0.2, -0.15) is 0 Å². The zero-order valence-corrected chi connectivity index (χ0v) is 14.7. The Balaban J connectivity index is 2.28. The minimum atomic E-state index is -1.19. The smallest absolute Gasteiger partial charge is 0.325 e. The molecule has 0 aliphatic rings. The summed E-state index contributed by atoms with van der Waals surface area (Å²) in [4.78, 5) is 35.4. The molecule has 1 atom stereocenters. The van der Waals surface area contributed by atoms with E-state index in [9.17, 15) is 14.4 Å². The molecule has 1 heterocycles. The third-order valence-electron chi connectivity index (χ3n) is 3.12. The van der Waals surface area contributed by atoms with Crippen LogP contribution in [0.5, 0.6) is 0 Å². The van der Waals surface area contributed by atoms with Crippen LogP contribution in [0.4, 0.5) is 0 Å². The van der Waals surface area contributed by atoms with Crippen molar-refractivity contribution in [3.05, 3.63) is 64.2 Å². The molecule has 0 spiro atoms. The highest BCUT2D eigenvalue weighted by atomic mass is 79.9. The second-order valence-electron chi connectivity index (χ2n) is 5.08. The minimum absolute atomic E-state index is 0.0271. The highest BCUT2D eigenvalue weighted by molar-refractivity contribution is 9.10. The van der Waals surface area contributed by atoms with Crippen LogP contribution >= 0.6 is 15.9 Å². The van der Waals surface area contributed by atoms with Crippen LogP contribution < -0.4 is 10.6 Å². The largest absolute Gasteiger partial charge is 0.480 e. The normalized spacial score (nSPS) is 12.3. The Bertz CT molecular complexity index is 814. The molecule has 8 heteroatoms. The lowest BCUT2D eigenvalue weighted by Gasteiger charge is -2.13. The Hall–Kier alpha value is -2.87. The molecule has 0 fully saturated rings. The first kappa shape index (κ1) is 18.5. The summed E-state index contributed by atoms with van der Waals surface area (Å²) in [6.07, 6.45) is 2.77. The number of aliphatic carboxylic acids is 1. The molecule has 1 unspecified atom stereocenters. The number of halogens is 1. The molecule has 130 valence electrons. The maximum absolute atomic E-state index is 12.4. The van der Waals surface area contributed by atoms with Crippen LogP contribution in [0.15, 0.2) is 57.2 Å². The maximum Gasteiger partial charge on any atom is 0.325 e. The number of benzene rings is 1. The SMILES string of the molecule is CC(NC(=O)C(=Cc1cccc(Br)c1)NC(=O)c1ccco1)C(=O)O. The van der Waals surface area contributed by atoms with Crippen molar-refractivity contribution >= 4 is 39.8 Å². The second-order valence-corrected chi connectivity index (χ2v) is 5.99. The maximum atomic E-state index is 12.4. The molecular formula is C17H15BrN2O5. The molecule has 0 aliphatic heterocycles. The van der Waals surface area contributed by atoms with Crippen LogP contribution in [0.25, 0.3) is 6.08 Å². The number of carboxylic acids is 1. The molecule has 0 radical (unpaired) electrons. The topological polar surface area (TPSA) is 109 Å². The molecule has 2 rings (SSSR count). The number of furan rings is 1. The van der Waals surface area contributed by atoms with Gasteiger partial charge in [0.1, 0.15) is 11.7 Å². The third kappa shape index (κ3) is 5.32. The first-order chi connectivity index (χ1) is 11.9. The van der Waals surface area contributed by atoms with Crippen LogP contribution in [-0.2, 0) is 9.59 Å². The van der Waals surface area contributed by atoms with E-state index < -0.39 is 23.8 Å². The molecule has 1 aromatic heterocycles. The second kappa shape index (κ2) is 8.29. The Labute approximate surface area is 151 Å². The van der Waals surface area contributed by atoms with Crippen LogP contribution in [0.2, 0.25) is 0 Å². The summed E-state index contributed by atoms with van der Waals surface area (Å²) in [6.45, 7) is 1.32. The molecule has 1 aromatic carbocycles. The Kier molecular flexibility index (Phi) is 6.13. The van der Waals surface area contributed by atoms with Gasteiger partial charge in [-0.05, 0) is 42.8 Å². The zero-order chi connectivity index (χ0) is 18.4. The van der Waals surface area contributed by atoms with E-state index in [1.807, 2.05) is 6.07 Å². The van der Waals surface area contributed by atoms with Crippen molar-refractivity contribution < 1.29 is 23.9 Å². The van der Waals surface area contributed by atoms with E-state index in [2.05, 4.69) is 26.6 Å². The number of amides is 2. The average molecular weight is 407 g/mol. The van der Waals surface area contributed by atoms with Crippen LogP contribution in [0.3, 0.4) is 0 Å². The monoisotopic (exact) mass is 406 g/mol. The summed E-state index contributed by atoms with van der Waals surface area (Å²) in [5.74, 6) is -2.51. The molecule has 0 bridgehead atoms. The molecular weight excluding hydrogens is 392 g/mol. The predicted molar refractivity (Wildman–Crippen MR) is 93.5 cm³/mol. The van der Waals surface area contributed by atoms with Crippen molar-refractivity contribution in [3.63, 3.8) is 0 Å². The van der Waals surface area contributed by atoms with Crippen molar-refractivity contribution in [2.75, 3.05) is 0 Å². The number of carbonyl (C=O) groups is 3. The fourth-order valence-electron chi connectivity index (χ4n) is 1.85. The van der Waals surface area contributed by atoms with Crippen LogP contribution in [-0.4, -0.2) is 28.9 Å². The summed E-state index contributed by atoms with van der Waals surface area (Å²) in [7, 11) is 0. The molecule has 0 saturated carbocycles. The van der Waals surface area contributed by atoms with Gasteiger partial charge in [-0.3, -0.25) is 14.4 Å². The standard InChI is InChI=1S/C17H15BrN2O5/c1-10(17(23)24)19-15(21)13(9-11-4-2-5-12(18)8-11)20-16(22)14-6-3-7-25-14/h2-10H,1H3,(H,19,21)(H,20,22)(H,23,24). The van der Waals surface area contributed by atoms with Crippen LogP contribution in [0, 0.1) is 0 Å². The fraction of sp³-hybridized carbons (Fsp3) is 0.118. The summed E-state index contributed by atoms with van der Waals surface area (Å²) < 4.78 is 5.78. The van der Waals surface area contributed by atoms with E-state index in [0.29, 0.717) is 5.56 Å². The Morgan fingerprint density at radius 3 is 2.60 bits per heavy atom. The number of hydrogen-bond acceptors (Lipinski definition) is 4. The molecule has 3 N–H and O–H groups in total. The lowest BCUT2D eigenvalue weighted by molar-refractivity contribution is -0.140. The highest BCUT2D eigenvalue weighted by Crippen LogP contribution is 2.14. The van der Waals surface area contributed by atoms with Crippen molar-refractivity contribution in [1.29, 1.82) is 0 Å². The number of carboxylic acid groups (broad SMARTS) is 1. The number of hydrogen-bond donors (Lipinski definition) is 3. The third-order valence-corrected chi connectivity index (χ3v) is 3.61. The van der Waals surface area contributed by atoms with Gasteiger partial charge in [0.15, 0.2) is 5.76 Å². The van der Waals surface area contributed by atoms with E-state index >= 15 is 0 Å². The van der Waals surface area contributed by atoms with Gasteiger partial charge in [0.25, 0.3) is 11.8 Å². The van der Waals surface area contributed by atoms with Gasteiger partial charge in [-0.25, -0.2) is 0 Å². The van der Waals surface area contributed by atoms with Gasteiger partial charge >= 0.3 is 5.97 Å². The summed E-state index contributed by atoms with van der Waals surface area (Å²) in [6, 6.07) is 8.93. The van der Waals surface area contributed by atoms with E-state index in [0.717, 1.165) is 4.47 Å². The van der Waals surface area contributed by atoms with Crippen molar-refractivity contribution in [2.45, 2.75) is 13.0 Å². The Morgan fingerprint density at radius 1 is 1.24 bits per heavy atom. The van der Waals surface area contributed by atoms with Crippen molar-refractivity contribution in [2.24, 2.45) is 0 Å². The van der Waals surface area contributed by atoms with E-state index in [1.54, 1.807) is 24.3 Å². The van der Waals surface area contributed by atoms with Crippen molar-refractivity contribution in [1.82, 2.24) is 10.6 Å². The highest BCUT2D eigenvalue weighted by Gasteiger charge is 2.20. The minimum Gasteiger partial charge on any atom is -0.480 e. The summed E-state index contributed by atoms with van der Waals surface area (Å²) >= 11 is 3.32. The van der Waals surface area contributed by atoms with E-state index in [-0.39, 0.29) is 11.5 Å². The molecule has 0 saturated heterocycles. The zero-order valence-electron chi connectivity index (χ0n) is 13.2. The van der Waals surface area contributed by atoms with Gasteiger partial charge in [-0.15, -0.1) is 0 Å². The summed E-state index contributed by atoms with van der Waals surface area (Å²) in [5.41, 5.74) is 0.537. The molecule has 25 heavy (non-hydrogen) atoms. The lowest BCUT2D eigenvalue weighted by atomic mass is 10.1. The van der Waals surface area contributed by atoms with Crippen molar-refractivity contribution in [3.8, 4) is 0 Å². The van der Waals surface area contributed by atoms with Gasteiger partial charge in [0, 0.05) is 4.47 Å². The van der Waals surface area contributed by atoms with Gasteiger partial charge in [0.2, 0.25) is 0 Å². The van der Waals surface area contributed by atoms with E-state index in [4.69, 9.17) is 9.52 Å². The lowest BCUT2D eigenvalue weighted by Crippen LogP contribution is -2.42. The van der Waals surface area contributed by atoms with Gasteiger partial charge in [-0.1, -0.05) is 28.1 Å². The number of rotatable bonds is 6. The average Bonchev–Trinajstić information content (AvgIpc) is 3.08. The van der Waals surface area contributed by atoms with Gasteiger partial charge in [0.05, 0.1) is 6.26 Å². The van der Waals surface area contributed by atoms with Crippen LogP contribution in [0.1, 0.15) is 23.0 Å². The fourth-order valence-corrected chi connectivity index (χ4v) is 2.27. The first-order valence-corrected chi connectivity index (χ1v) is 8.02.